The van der Waals surface area contributed by atoms with E-state index in [4.69, 9.17) is 0 Å². The number of fused-ring (bicyclic) bond motifs is 3. The normalized spacial score (nSPS) is 29.9. The molecule has 104 valence electrons. The molecule has 0 aliphatic carbocycles. The first-order valence-electron chi connectivity index (χ1n) is 7.16. The Bertz CT molecular complexity index is 460. The smallest absolute Gasteiger partial charge is 0.157 e. The van der Waals surface area contributed by atoms with Gasteiger partial charge in [0.15, 0.2) is 5.78 Å². The number of hydrogen-bond donors (Lipinski definition) is 0. The van der Waals surface area contributed by atoms with Crippen molar-refractivity contribution in [2.75, 3.05) is 32.7 Å². The van der Waals surface area contributed by atoms with Gasteiger partial charge in [-0.15, -0.1) is 0 Å². The monoisotopic (exact) mass is 262 g/mol. The van der Waals surface area contributed by atoms with E-state index in [-0.39, 0.29) is 6.04 Å². The number of rotatable bonds is 4. The fourth-order valence-electron chi connectivity index (χ4n) is 2.98. The Morgan fingerprint density at radius 3 is 2.63 bits per heavy atom. The van der Waals surface area contributed by atoms with Gasteiger partial charge in [0.05, 0.1) is 18.2 Å². The molecule has 0 amide bonds. The summed E-state index contributed by atoms with van der Waals surface area (Å²) in [6, 6.07) is 2.41. The summed E-state index contributed by atoms with van der Waals surface area (Å²) in [5.41, 5.74) is 0.899. The molecule has 19 heavy (non-hydrogen) atoms. The van der Waals surface area contributed by atoms with Crippen LogP contribution in [0.3, 0.4) is 0 Å². The molecule has 1 unspecified atom stereocenters. The van der Waals surface area contributed by atoms with Gasteiger partial charge >= 0.3 is 0 Å². The third-order valence-corrected chi connectivity index (χ3v) is 4.20. The number of nitrogens with zero attached hydrogens (tertiary/aromatic N) is 4. The largest absolute Gasteiger partial charge is 0.299 e. The molecule has 0 saturated carbocycles. The summed E-state index contributed by atoms with van der Waals surface area (Å²) in [6.07, 6.45) is 2.43. The van der Waals surface area contributed by atoms with Crippen LogP contribution >= 0.6 is 0 Å². The van der Waals surface area contributed by atoms with E-state index in [0.29, 0.717) is 18.2 Å². The maximum atomic E-state index is 12.4. The molecule has 3 fully saturated rings. The molecule has 3 aliphatic heterocycles. The summed E-state index contributed by atoms with van der Waals surface area (Å²) >= 11 is 0. The van der Waals surface area contributed by atoms with E-state index in [1.165, 1.54) is 0 Å². The Morgan fingerprint density at radius 1 is 1.37 bits per heavy atom. The van der Waals surface area contributed by atoms with Crippen molar-refractivity contribution >= 4 is 5.78 Å². The SMILES string of the molecule is CC(C)n1ccc(CC(=O)C2CN3CCN2CC3)n1. The molecule has 3 saturated heterocycles. The minimum atomic E-state index is 0.0895. The number of ketones is 1. The fourth-order valence-corrected chi connectivity index (χ4v) is 2.98. The van der Waals surface area contributed by atoms with E-state index in [9.17, 15) is 4.79 Å². The van der Waals surface area contributed by atoms with Crippen molar-refractivity contribution in [3.8, 4) is 0 Å². The topological polar surface area (TPSA) is 41.4 Å². The number of aromatic nitrogens is 2. The van der Waals surface area contributed by atoms with Crippen LogP contribution in [0.5, 0.6) is 0 Å². The van der Waals surface area contributed by atoms with Gasteiger partial charge < -0.3 is 0 Å². The molecule has 1 aromatic rings. The Hall–Kier alpha value is -1.20. The van der Waals surface area contributed by atoms with E-state index in [1.807, 2.05) is 16.9 Å². The quantitative estimate of drug-likeness (QED) is 0.796. The maximum absolute atomic E-state index is 12.4. The number of Topliss-reactive ketones (excluding diaryl/α,β-unsaturated/α-hetero) is 1. The fraction of sp³-hybridized carbons (Fsp3) is 0.714. The number of piperazine rings is 3. The van der Waals surface area contributed by atoms with Gasteiger partial charge in [-0.3, -0.25) is 19.3 Å². The van der Waals surface area contributed by atoms with E-state index in [0.717, 1.165) is 38.4 Å². The lowest BCUT2D eigenvalue weighted by atomic mass is 10.0. The molecule has 0 aromatic carbocycles. The van der Waals surface area contributed by atoms with Gasteiger partial charge in [-0.05, 0) is 19.9 Å². The van der Waals surface area contributed by atoms with Gasteiger partial charge in [-0.2, -0.15) is 5.10 Å². The van der Waals surface area contributed by atoms with Crippen molar-refractivity contribution in [2.45, 2.75) is 32.4 Å². The van der Waals surface area contributed by atoms with Crippen LogP contribution in [-0.2, 0) is 11.2 Å². The molecular weight excluding hydrogens is 240 g/mol. The summed E-state index contributed by atoms with van der Waals surface area (Å²) in [7, 11) is 0. The second-order valence-corrected chi connectivity index (χ2v) is 5.88. The third-order valence-electron chi connectivity index (χ3n) is 4.20. The van der Waals surface area contributed by atoms with Crippen LogP contribution in [0.1, 0.15) is 25.6 Å². The van der Waals surface area contributed by atoms with Gasteiger partial charge in [-0.1, -0.05) is 0 Å². The summed E-state index contributed by atoms with van der Waals surface area (Å²) in [5.74, 6) is 0.318. The number of carbonyl (C=O) groups is 1. The number of carbonyl (C=O) groups excluding carboxylic acids is 1. The lowest BCUT2D eigenvalue weighted by Crippen LogP contribution is -2.63. The van der Waals surface area contributed by atoms with Crippen LogP contribution in [0.4, 0.5) is 0 Å². The average Bonchev–Trinajstić information content (AvgIpc) is 2.88. The molecule has 4 heterocycles. The van der Waals surface area contributed by atoms with Gasteiger partial charge in [-0.25, -0.2) is 0 Å². The molecule has 5 nitrogen and oxygen atoms in total. The molecule has 0 spiro atoms. The highest BCUT2D eigenvalue weighted by Crippen LogP contribution is 2.17. The van der Waals surface area contributed by atoms with Crippen molar-refractivity contribution in [1.29, 1.82) is 0 Å². The summed E-state index contributed by atoms with van der Waals surface area (Å²) < 4.78 is 1.92. The van der Waals surface area contributed by atoms with Crippen molar-refractivity contribution in [1.82, 2.24) is 19.6 Å². The molecular formula is C14H22N4O. The molecule has 5 heteroatoms. The number of hydrogen-bond acceptors (Lipinski definition) is 4. The van der Waals surface area contributed by atoms with Crippen LogP contribution in [-0.4, -0.2) is 64.1 Å². The lowest BCUT2D eigenvalue weighted by molar-refractivity contribution is -0.128. The van der Waals surface area contributed by atoms with Crippen LogP contribution < -0.4 is 0 Å². The van der Waals surface area contributed by atoms with Crippen molar-refractivity contribution in [2.24, 2.45) is 0 Å². The van der Waals surface area contributed by atoms with Gasteiger partial charge in [0.2, 0.25) is 0 Å². The third kappa shape index (κ3) is 2.58. The summed E-state index contributed by atoms with van der Waals surface area (Å²) in [4.78, 5) is 17.2. The minimum absolute atomic E-state index is 0.0895. The van der Waals surface area contributed by atoms with E-state index in [1.54, 1.807) is 0 Å². The Labute approximate surface area is 114 Å². The highest BCUT2D eigenvalue weighted by Gasteiger charge is 2.36. The van der Waals surface area contributed by atoms with Crippen molar-refractivity contribution in [3.05, 3.63) is 18.0 Å². The molecule has 0 radical (unpaired) electrons. The standard InChI is InChI=1S/C14H22N4O/c1-11(2)18-4-3-12(15-18)9-14(19)13-10-16-5-7-17(13)8-6-16/h3-4,11,13H,5-10H2,1-2H3. The Kier molecular flexibility index (Phi) is 3.41. The zero-order valence-corrected chi connectivity index (χ0v) is 11.7. The van der Waals surface area contributed by atoms with Crippen LogP contribution in [0.2, 0.25) is 0 Å². The highest BCUT2D eigenvalue weighted by atomic mass is 16.1. The highest BCUT2D eigenvalue weighted by molar-refractivity contribution is 5.86. The lowest BCUT2D eigenvalue weighted by Gasteiger charge is -2.46. The van der Waals surface area contributed by atoms with Gasteiger partial charge in [0.25, 0.3) is 0 Å². The average molecular weight is 262 g/mol. The van der Waals surface area contributed by atoms with Crippen molar-refractivity contribution in [3.63, 3.8) is 0 Å². The van der Waals surface area contributed by atoms with Gasteiger partial charge in [0.1, 0.15) is 0 Å². The van der Waals surface area contributed by atoms with Crippen LogP contribution in [0.15, 0.2) is 12.3 Å². The zero-order chi connectivity index (χ0) is 13.4. The first-order valence-corrected chi connectivity index (χ1v) is 7.16. The van der Waals surface area contributed by atoms with Gasteiger partial charge in [0, 0.05) is 45.0 Å². The molecule has 1 atom stereocenters. The molecule has 4 rings (SSSR count). The first kappa shape index (κ1) is 12.8. The summed E-state index contributed by atoms with van der Waals surface area (Å²) in [5, 5.41) is 4.47. The van der Waals surface area contributed by atoms with Crippen molar-refractivity contribution < 1.29 is 4.79 Å². The zero-order valence-electron chi connectivity index (χ0n) is 11.7. The van der Waals surface area contributed by atoms with E-state index < -0.39 is 0 Å². The van der Waals surface area contributed by atoms with E-state index >= 15 is 0 Å². The molecule has 1 aromatic heterocycles. The van der Waals surface area contributed by atoms with E-state index in [2.05, 4.69) is 28.7 Å². The first-order chi connectivity index (χ1) is 9.13. The van der Waals surface area contributed by atoms with Crippen LogP contribution in [0, 0.1) is 0 Å². The summed E-state index contributed by atoms with van der Waals surface area (Å²) in [6.45, 7) is 9.41. The van der Waals surface area contributed by atoms with Crippen LogP contribution in [0.25, 0.3) is 0 Å². The molecule has 3 aliphatic rings. The second-order valence-electron chi connectivity index (χ2n) is 5.88. The maximum Gasteiger partial charge on any atom is 0.157 e. The Balaban J connectivity index is 1.64. The predicted octanol–water partition coefficient (Wildman–Crippen LogP) is 0.575. The second kappa shape index (κ2) is 5.06. The molecule has 2 bridgehead atoms. The molecule has 0 N–H and O–H groups in total. The Morgan fingerprint density at radius 2 is 2.11 bits per heavy atom. The predicted molar refractivity (Wildman–Crippen MR) is 73.1 cm³/mol. The minimum Gasteiger partial charge on any atom is -0.299 e.